The van der Waals surface area contributed by atoms with Crippen molar-refractivity contribution >= 4 is 28.1 Å². The molecule has 1 amide bonds. The van der Waals surface area contributed by atoms with Gasteiger partial charge >= 0.3 is 0 Å². The quantitative estimate of drug-likeness (QED) is 0.562. The van der Waals surface area contributed by atoms with Gasteiger partial charge in [-0.2, -0.15) is 0 Å². The van der Waals surface area contributed by atoms with Crippen LogP contribution in [-0.4, -0.2) is 74.1 Å². The summed E-state index contributed by atoms with van der Waals surface area (Å²) in [4.78, 5) is 21.4. The molecule has 0 aromatic carbocycles. The average molecular weight is 493 g/mol. The maximum absolute atomic E-state index is 12.6. The van der Waals surface area contributed by atoms with E-state index in [9.17, 15) is 4.79 Å². The third kappa shape index (κ3) is 5.18. The summed E-state index contributed by atoms with van der Waals surface area (Å²) < 4.78 is 17.3. The van der Waals surface area contributed by atoms with Gasteiger partial charge in [0.1, 0.15) is 5.76 Å². The van der Waals surface area contributed by atoms with Gasteiger partial charge in [-0.1, -0.05) is 0 Å². The predicted molar refractivity (Wildman–Crippen MR) is 120 cm³/mol. The minimum atomic E-state index is -1.03. The fourth-order valence-electron chi connectivity index (χ4n) is 4.17. The van der Waals surface area contributed by atoms with Crippen molar-refractivity contribution < 1.29 is 18.7 Å². The van der Waals surface area contributed by atoms with Crippen molar-refractivity contribution in [2.75, 3.05) is 40.4 Å². The van der Waals surface area contributed by atoms with Gasteiger partial charge in [0.2, 0.25) is 11.7 Å². The number of nitrogens with zero attached hydrogens (tertiary/aromatic N) is 3. The normalized spacial score (nSPS) is 21.8. The summed E-state index contributed by atoms with van der Waals surface area (Å²) in [6.45, 7) is 4.19. The Balaban J connectivity index is 1.29. The van der Waals surface area contributed by atoms with Gasteiger partial charge in [-0.3, -0.25) is 9.79 Å². The van der Waals surface area contributed by atoms with Crippen molar-refractivity contribution in [3.63, 3.8) is 0 Å². The Kier molecular flexibility index (Phi) is 7.08. The zero-order chi connectivity index (χ0) is 21.8. The van der Waals surface area contributed by atoms with E-state index in [4.69, 9.17) is 13.9 Å². The summed E-state index contributed by atoms with van der Waals surface area (Å²) in [5, 5.41) is 3.58. The lowest BCUT2D eigenvalue weighted by molar-refractivity contribution is -0.130. The number of halogens is 1. The maximum atomic E-state index is 12.6. The molecule has 9 heteroatoms. The lowest BCUT2D eigenvalue weighted by Crippen LogP contribution is -2.47. The summed E-state index contributed by atoms with van der Waals surface area (Å²) in [6, 6.07) is 4.38. The molecule has 1 aromatic heterocycles. The molecular formula is C22H29BrN4O4. The number of piperidine rings is 1. The fourth-order valence-corrected chi connectivity index (χ4v) is 4.52. The molecule has 8 nitrogen and oxygen atoms in total. The summed E-state index contributed by atoms with van der Waals surface area (Å²) in [6.07, 6.45) is 7.85. The molecule has 0 atom stereocenters. The number of fused-ring (bicyclic) bond motifs is 1. The number of dihydropyridines is 1. The highest BCUT2D eigenvalue weighted by atomic mass is 79.9. The van der Waals surface area contributed by atoms with Gasteiger partial charge in [-0.25, -0.2) is 0 Å². The molecule has 0 saturated carbocycles. The van der Waals surface area contributed by atoms with E-state index in [2.05, 4.69) is 31.1 Å². The van der Waals surface area contributed by atoms with Gasteiger partial charge in [0.15, 0.2) is 4.67 Å². The number of carbonyl (C=O) groups excluding carboxylic acids is 1. The van der Waals surface area contributed by atoms with Crippen LogP contribution in [0.2, 0.25) is 0 Å². The van der Waals surface area contributed by atoms with Gasteiger partial charge < -0.3 is 29.0 Å². The molecule has 3 aliphatic rings. The number of ether oxygens (including phenoxy) is 2. The molecule has 31 heavy (non-hydrogen) atoms. The largest absolute Gasteiger partial charge is 0.453 e. The van der Waals surface area contributed by atoms with Crippen molar-refractivity contribution in [3.8, 4) is 0 Å². The first kappa shape index (κ1) is 22.4. The van der Waals surface area contributed by atoms with E-state index in [-0.39, 0.29) is 5.91 Å². The highest BCUT2D eigenvalue weighted by Gasteiger charge is 2.35. The number of carbonyl (C=O) groups is 1. The van der Waals surface area contributed by atoms with Crippen molar-refractivity contribution in [2.45, 2.75) is 37.6 Å². The molecule has 0 unspecified atom stereocenters. The minimum absolute atomic E-state index is 0.0781. The first-order valence-electron chi connectivity index (χ1n) is 10.6. The van der Waals surface area contributed by atoms with Crippen LogP contribution >= 0.6 is 15.9 Å². The second kappa shape index (κ2) is 9.79. The monoisotopic (exact) mass is 492 g/mol. The Labute approximate surface area is 191 Å². The molecule has 0 bridgehead atoms. The Bertz CT molecular complexity index is 882. The average Bonchev–Trinajstić information content (AvgIpc) is 3.22. The molecule has 3 aliphatic heterocycles. The van der Waals surface area contributed by atoms with E-state index in [1.807, 2.05) is 29.2 Å². The molecule has 1 aromatic rings. The second-order valence-electron chi connectivity index (χ2n) is 7.96. The molecule has 4 heterocycles. The van der Waals surface area contributed by atoms with Crippen LogP contribution in [0.15, 0.2) is 49.8 Å². The zero-order valence-electron chi connectivity index (χ0n) is 18.0. The lowest BCUT2D eigenvalue weighted by atomic mass is 10.0. The SMILES string of the molecule is COC1(OC)C=NC2=CCC(=O)N(CCN3CCC(NCc4ccc(Br)o4)CC3)C2=C1. The van der Waals surface area contributed by atoms with Crippen LogP contribution in [0.1, 0.15) is 25.0 Å². The van der Waals surface area contributed by atoms with E-state index in [0.717, 1.165) is 60.8 Å². The lowest BCUT2D eigenvalue weighted by Gasteiger charge is -2.37. The van der Waals surface area contributed by atoms with E-state index in [1.165, 1.54) is 0 Å². The third-order valence-corrected chi connectivity index (χ3v) is 6.53. The van der Waals surface area contributed by atoms with Crippen molar-refractivity contribution in [2.24, 2.45) is 4.99 Å². The molecule has 0 radical (unpaired) electrons. The second-order valence-corrected chi connectivity index (χ2v) is 8.74. The molecular weight excluding hydrogens is 464 g/mol. The van der Waals surface area contributed by atoms with Gasteiger partial charge in [0, 0.05) is 45.8 Å². The molecule has 1 N–H and O–H groups in total. The molecule has 1 fully saturated rings. The number of hydrogen-bond acceptors (Lipinski definition) is 7. The topological polar surface area (TPSA) is 79.5 Å². The Morgan fingerprint density at radius 1 is 1.26 bits per heavy atom. The number of methoxy groups -OCH3 is 2. The van der Waals surface area contributed by atoms with Crippen molar-refractivity contribution in [1.82, 2.24) is 15.1 Å². The Morgan fingerprint density at radius 3 is 2.71 bits per heavy atom. The summed E-state index contributed by atoms with van der Waals surface area (Å²) >= 11 is 3.34. The number of furan rings is 1. The van der Waals surface area contributed by atoms with E-state index in [0.29, 0.717) is 19.0 Å². The molecule has 4 rings (SSSR count). The van der Waals surface area contributed by atoms with Crippen LogP contribution in [0.3, 0.4) is 0 Å². The van der Waals surface area contributed by atoms with Gasteiger partial charge in [0.25, 0.3) is 0 Å². The summed E-state index contributed by atoms with van der Waals surface area (Å²) in [7, 11) is 3.14. The zero-order valence-corrected chi connectivity index (χ0v) is 19.6. The number of aliphatic imine (C=N–C) groups is 1. The number of nitrogens with one attached hydrogen (secondary N) is 1. The summed E-state index contributed by atoms with van der Waals surface area (Å²) in [5.74, 6) is -0.0152. The number of hydrogen-bond donors (Lipinski definition) is 1. The molecule has 168 valence electrons. The predicted octanol–water partition coefficient (Wildman–Crippen LogP) is 2.67. The standard InChI is InChI=1S/C22H29BrN4O4/c1-29-22(30-2)13-19-18(25-15-22)4-6-21(28)27(19)12-11-26-9-7-16(8-10-26)24-14-17-3-5-20(23)31-17/h3-5,13,15-16,24H,6-12,14H2,1-2H3. The minimum Gasteiger partial charge on any atom is -0.453 e. The van der Waals surface area contributed by atoms with Gasteiger partial charge in [-0.15, -0.1) is 0 Å². The van der Waals surface area contributed by atoms with Crippen molar-refractivity contribution in [1.29, 1.82) is 0 Å². The maximum Gasteiger partial charge on any atom is 0.230 e. The van der Waals surface area contributed by atoms with Crippen LogP contribution in [0.4, 0.5) is 0 Å². The van der Waals surface area contributed by atoms with E-state index in [1.54, 1.807) is 20.4 Å². The smallest absolute Gasteiger partial charge is 0.230 e. The van der Waals surface area contributed by atoms with E-state index < -0.39 is 5.79 Å². The van der Waals surface area contributed by atoms with Crippen LogP contribution < -0.4 is 5.32 Å². The van der Waals surface area contributed by atoms with Gasteiger partial charge in [-0.05, 0) is 60.1 Å². The number of likely N-dealkylation sites (tertiary alicyclic amines) is 1. The number of rotatable bonds is 8. The Hall–Kier alpha value is -1.78. The molecule has 1 saturated heterocycles. The van der Waals surface area contributed by atoms with Crippen LogP contribution in [0.5, 0.6) is 0 Å². The number of amides is 1. The Morgan fingerprint density at radius 2 is 2.03 bits per heavy atom. The highest BCUT2D eigenvalue weighted by molar-refractivity contribution is 9.10. The molecule has 0 spiro atoms. The van der Waals surface area contributed by atoms with Gasteiger partial charge in [0.05, 0.1) is 24.2 Å². The first-order chi connectivity index (χ1) is 15.0. The fraction of sp³-hybridized carbons (Fsp3) is 0.545. The summed E-state index contributed by atoms with van der Waals surface area (Å²) in [5.41, 5.74) is 1.57. The highest BCUT2D eigenvalue weighted by Crippen LogP contribution is 2.31. The molecule has 0 aliphatic carbocycles. The van der Waals surface area contributed by atoms with Crippen molar-refractivity contribution in [3.05, 3.63) is 46.1 Å². The van der Waals surface area contributed by atoms with Crippen LogP contribution in [0.25, 0.3) is 0 Å². The third-order valence-electron chi connectivity index (χ3n) is 6.11. The van der Waals surface area contributed by atoms with Crippen LogP contribution in [0, 0.1) is 0 Å². The van der Waals surface area contributed by atoms with E-state index >= 15 is 0 Å². The first-order valence-corrected chi connectivity index (χ1v) is 11.4. The van der Waals surface area contributed by atoms with Crippen LogP contribution in [-0.2, 0) is 20.8 Å².